The van der Waals surface area contributed by atoms with Gasteiger partial charge in [0, 0.05) is 29.2 Å². The lowest BCUT2D eigenvalue weighted by atomic mass is 10.2. The molecule has 1 N–H and O–H groups in total. The molecule has 25 heavy (non-hydrogen) atoms. The lowest BCUT2D eigenvalue weighted by Crippen LogP contribution is -2.13. The minimum Gasteiger partial charge on any atom is -0.497 e. The number of carbonyl (C=O) groups is 1. The highest BCUT2D eigenvalue weighted by molar-refractivity contribution is 7.99. The first kappa shape index (κ1) is 18.6. The zero-order chi connectivity index (χ0) is 18.2. The predicted octanol–water partition coefficient (Wildman–Crippen LogP) is 3.73. The molecule has 0 fully saturated rings. The van der Waals surface area contributed by atoms with E-state index in [0.717, 1.165) is 10.6 Å². The zero-order valence-corrected chi connectivity index (χ0v) is 14.7. The number of ether oxygens (including phenoxy) is 2. The monoisotopic (exact) mass is 362 g/mol. The van der Waals surface area contributed by atoms with E-state index in [1.807, 2.05) is 24.3 Å². The Labute approximate surface area is 149 Å². The summed E-state index contributed by atoms with van der Waals surface area (Å²) in [6.45, 7) is 0. The predicted molar refractivity (Wildman–Crippen MR) is 96.6 cm³/mol. The maximum absolute atomic E-state index is 12.1. The van der Waals surface area contributed by atoms with Gasteiger partial charge in [0.2, 0.25) is 5.91 Å². The van der Waals surface area contributed by atoms with Crippen molar-refractivity contribution >= 4 is 29.0 Å². The van der Waals surface area contributed by atoms with Crippen LogP contribution < -0.4 is 14.8 Å². The average molecular weight is 362 g/mol. The fourth-order valence-corrected chi connectivity index (χ4v) is 2.91. The number of nitrogens with one attached hydrogen (secondary N) is 1. The smallest absolute Gasteiger partial charge is 0.271 e. The molecule has 0 saturated heterocycles. The summed E-state index contributed by atoms with van der Waals surface area (Å²) in [5.74, 6) is 1.50. The topological polar surface area (TPSA) is 90.7 Å². The summed E-state index contributed by atoms with van der Waals surface area (Å²) in [6, 6.07) is 11.6. The van der Waals surface area contributed by atoms with Gasteiger partial charge < -0.3 is 14.8 Å². The number of hydrogen-bond donors (Lipinski definition) is 1. The summed E-state index contributed by atoms with van der Waals surface area (Å²) in [5.41, 5.74) is 0.180. The van der Waals surface area contributed by atoms with Gasteiger partial charge in [-0.3, -0.25) is 14.9 Å². The third-order valence-corrected chi connectivity index (χ3v) is 4.34. The van der Waals surface area contributed by atoms with Crippen LogP contribution >= 0.6 is 11.8 Å². The van der Waals surface area contributed by atoms with Crippen molar-refractivity contribution in [2.45, 2.75) is 11.3 Å². The third kappa shape index (κ3) is 5.39. The Morgan fingerprint density at radius 1 is 1.16 bits per heavy atom. The number of non-ortho nitro benzene ring substituents is 1. The molecule has 0 saturated carbocycles. The second kappa shape index (κ2) is 8.93. The van der Waals surface area contributed by atoms with Crippen molar-refractivity contribution in [1.82, 2.24) is 0 Å². The van der Waals surface area contributed by atoms with E-state index in [1.165, 1.54) is 25.3 Å². The Balaban J connectivity index is 1.91. The summed E-state index contributed by atoms with van der Waals surface area (Å²) >= 11 is 1.54. The molecular weight excluding hydrogens is 344 g/mol. The van der Waals surface area contributed by atoms with Crippen molar-refractivity contribution < 1.29 is 19.2 Å². The van der Waals surface area contributed by atoms with Crippen molar-refractivity contribution in [3.63, 3.8) is 0 Å². The highest BCUT2D eigenvalue weighted by Crippen LogP contribution is 2.29. The molecule has 0 unspecified atom stereocenters. The molecule has 2 aromatic carbocycles. The SMILES string of the molecule is COc1ccc(SCCC(=O)Nc2cc([N+](=O)[O-])ccc2OC)cc1. The van der Waals surface area contributed by atoms with Crippen LogP contribution in [0, 0.1) is 10.1 Å². The Bertz CT molecular complexity index is 749. The molecule has 0 atom stereocenters. The van der Waals surface area contributed by atoms with E-state index in [0.29, 0.717) is 11.5 Å². The number of carbonyl (C=O) groups excluding carboxylic acids is 1. The van der Waals surface area contributed by atoms with Gasteiger partial charge in [-0.2, -0.15) is 0 Å². The molecule has 0 aliphatic heterocycles. The number of methoxy groups -OCH3 is 2. The van der Waals surface area contributed by atoms with Crippen molar-refractivity contribution in [3.8, 4) is 11.5 Å². The van der Waals surface area contributed by atoms with Crippen LogP contribution in [0.25, 0.3) is 0 Å². The van der Waals surface area contributed by atoms with Crippen molar-refractivity contribution in [2.24, 2.45) is 0 Å². The molecule has 2 aromatic rings. The molecule has 0 aliphatic rings. The van der Waals surface area contributed by atoms with Crippen LogP contribution in [-0.4, -0.2) is 30.8 Å². The van der Waals surface area contributed by atoms with Gasteiger partial charge in [-0.15, -0.1) is 11.8 Å². The van der Waals surface area contributed by atoms with Crippen LogP contribution in [0.1, 0.15) is 6.42 Å². The zero-order valence-electron chi connectivity index (χ0n) is 13.9. The molecule has 132 valence electrons. The second-order valence-electron chi connectivity index (χ2n) is 4.96. The van der Waals surface area contributed by atoms with Gasteiger partial charge in [-0.25, -0.2) is 0 Å². The summed E-state index contributed by atoms with van der Waals surface area (Å²) in [7, 11) is 3.05. The van der Waals surface area contributed by atoms with Crippen LogP contribution in [0.3, 0.4) is 0 Å². The number of benzene rings is 2. The molecule has 0 heterocycles. The number of nitro benzene ring substituents is 1. The summed E-state index contributed by atoms with van der Waals surface area (Å²) in [6.07, 6.45) is 0.266. The fraction of sp³-hybridized carbons (Fsp3) is 0.235. The first-order valence-corrected chi connectivity index (χ1v) is 8.41. The van der Waals surface area contributed by atoms with Gasteiger partial charge in [-0.05, 0) is 30.3 Å². The van der Waals surface area contributed by atoms with Gasteiger partial charge >= 0.3 is 0 Å². The Morgan fingerprint density at radius 2 is 1.88 bits per heavy atom. The molecular formula is C17H18N2O5S. The number of nitrogens with zero attached hydrogens (tertiary/aromatic N) is 1. The maximum Gasteiger partial charge on any atom is 0.271 e. The van der Waals surface area contributed by atoms with Crippen molar-refractivity contribution in [2.75, 3.05) is 25.3 Å². The fourth-order valence-electron chi connectivity index (χ4n) is 2.05. The molecule has 0 radical (unpaired) electrons. The minimum atomic E-state index is -0.519. The first-order valence-electron chi connectivity index (χ1n) is 7.42. The lowest BCUT2D eigenvalue weighted by Gasteiger charge is -2.10. The Morgan fingerprint density at radius 3 is 2.48 bits per heavy atom. The van der Waals surface area contributed by atoms with Crippen molar-refractivity contribution in [1.29, 1.82) is 0 Å². The van der Waals surface area contributed by atoms with E-state index in [4.69, 9.17) is 9.47 Å². The van der Waals surface area contributed by atoms with Gasteiger partial charge in [-0.1, -0.05) is 0 Å². The number of anilines is 1. The van der Waals surface area contributed by atoms with Gasteiger partial charge in [0.25, 0.3) is 5.69 Å². The van der Waals surface area contributed by atoms with E-state index >= 15 is 0 Å². The van der Waals surface area contributed by atoms with E-state index in [2.05, 4.69) is 5.32 Å². The molecule has 0 aromatic heterocycles. The molecule has 7 nitrogen and oxygen atoms in total. The van der Waals surface area contributed by atoms with Crippen LogP contribution in [0.5, 0.6) is 11.5 Å². The van der Waals surface area contributed by atoms with E-state index in [1.54, 1.807) is 18.9 Å². The number of thioether (sulfide) groups is 1. The van der Waals surface area contributed by atoms with Crippen LogP contribution in [-0.2, 0) is 4.79 Å². The largest absolute Gasteiger partial charge is 0.497 e. The van der Waals surface area contributed by atoms with Gasteiger partial charge in [0.05, 0.1) is 24.8 Å². The number of nitro groups is 1. The lowest BCUT2D eigenvalue weighted by molar-refractivity contribution is -0.384. The molecule has 0 aliphatic carbocycles. The summed E-state index contributed by atoms with van der Waals surface area (Å²) < 4.78 is 10.2. The standard InChI is InChI=1S/C17H18N2O5S/c1-23-13-4-6-14(7-5-13)25-10-9-17(20)18-15-11-12(19(21)22)3-8-16(15)24-2/h3-8,11H,9-10H2,1-2H3,(H,18,20). The van der Waals surface area contributed by atoms with Crippen LogP contribution in [0.2, 0.25) is 0 Å². The van der Waals surface area contributed by atoms with Gasteiger partial charge in [0.15, 0.2) is 0 Å². The summed E-state index contributed by atoms with van der Waals surface area (Å²) in [4.78, 5) is 23.4. The minimum absolute atomic E-state index is 0.108. The molecule has 1 amide bonds. The summed E-state index contributed by atoms with van der Waals surface area (Å²) in [5, 5.41) is 13.5. The van der Waals surface area contributed by atoms with E-state index in [-0.39, 0.29) is 23.7 Å². The Kier molecular flexibility index (Phi) is 6.64. The highest BCUT2D eigenvalue weighted by Gasteiger charge is 2.13. The number of hydrogen-bond acceptors (Lipinski definition) is 6. The molecule has 2 rings (SSSR count). The number of amides is 1. The number of rotatable bonds is 8. The first-order chi connectivity index (χ1) is 12.0. The van der Waals surface area contributed by atoms with Crippen molar-refractivity contribution in [3.05, 3.63) is 52.6 Å². The average Bonchev–Trinajstić information content (AvgIpc) is 2.62. The highest BCUT2D eigenvalue weighted by atomic mass is 32.2. The quantitative estimate of drug-likeness (QED) is 0.437. The molecule has 0 bridgehead atoms. The molecule has 8 heteroatoms. The van der Waals surface area contributed by atoms with Gasteiger partial charge in [0.1, 0.15) is 11.5 Å². The van der Waals surface area contributed by atoms with E-state index < -0.39 is 4.92 Å². The Hall–Kier alpha value is -2.74. The van der Waals surface area contributed by atoms with Crippen LogP contribution in [0.4, 0.5) is 11.4 Å². The third-order valence-electron chi connectivity index (χ3n) is 3.33. The van der Waals surface area contributed by atoms with Crippen LogP contribution in [0.15, 0.2) is 47.4 Å². The normalized spacial score (nSPS) is 10.2. The molecule has 0 spiro atoms. The van der Waals surface area contributed by atoms with E-state index in [9.17, 15) is 14.9 Å². The second-order valence-corrected chi connectivity index (χ2v) is 6.13. The maximum atomic E-state index is 12.1.